The van der Waals surface area contributed by atoms with E-state index in [-0.39, 0.29) is 0 Å². The Morgan fingerprint density at radius 1 is 0.250 bits per heavy atom. The fraction of sp³-hybridized carbons (Fsp3) is 0.769. The summed E-state index contributed by atoms with van der Waals surface area (Å²) in [6.45, 7) is 9.24. The molecule has 0 aliphatic carbocycles. The highest BCUT2D eigenvalue weighted by molar-refractivity contribution is 6.43. The summed E-state index contributed by atoms with van der Waals surface area (Å²) in [6.07, 6.45) is 86.3. The van der Waals surface area contributed by atoms with Crippen molar-refractivity contribution in [3.05, 3.63) is 84.0 Å². The van der Waals surface area contributed by atoms with Crippen molar-refractivity contribution >= 4 is 22.8 Å². The second kappa shape index (κ2) is 59.4. The quantitative estimate of drug-likeness (QED) is 0.0358. The van der Waals surface area contributed by atoms with Gasteiger partial charge in [0.25, 0.3) is 0 Å². The van der Waals surface area contributed by atoms with Crippen molar-refractivity contribution in [2.45, 2.75) is 387 Å². The SMILES string of the molecule is CCCCCCCCCCCCCCCCCCCCCCC/C=C/CCc1ccccc1N=C(CCCC)C(CCCCCC)=Nc1ccccc1CC/C=C/CCCCCCCCCCCCCCCCCCCCCCC. The first-order valence-corrected chi connectivity index (χ1v) is 36.3. The van der Waals surface area contributed by atoms with Crippen molar-refractivity contribution in [2.75, 3.05) is 0 Å². The molecule has 0 atom stereocenters. The lowest BCUT2D eigenvalue weighted by molar-refractivity contribution is 0.520. The van der Waals surface area contributed by atoms with Crippen LogP contribution in [0.15, 0.2) is 82.8 Å². The molecule has 0 saturated heterocycles. The summed E-state index contributed by atoms with van der Waals surface area (Å²) in [5.41, 5.74) is 7.45. The zero-order chi connectivity index (χ0) is 57.0. The Labute approximate surface area is 501 Å². The number of aryl methyl sites for hydroxylation is 2. The van der Waals surface area contributed by atoms with E-state index in [0.717, 1.165) is 62.7 Å². The maximum atomic E-state index is 5.56. The number of rotatable bonds is 61. The van der Waals surface area contributed by atoms with E-state index in [0.29, 0.717) is 0 Å². The number of aliphatic imine (C=N–C) groups is 2. The highest BCUT2D eigenvalue weighted by Gasteiger charge is 2.13. The first-order chi connectivity index (χ1) is 39.7. The number of nitrogens with zero attached hydrogens (tertiary/aromatic N) is 2. The minimum absolute atomic E-state index is 0.987. The third-order valence-electron chi connectivity index (χ3n) is 17.3. The van der Waals surface area contributed by atoms with Gasteiger partial charge in [-0.3, -0.25) is 9.98 Å². The van der Waals surface area contributed by atoms with E-state index < -0.39 is 0 Å². The monoisotopic (exact) mass is 1100 g/mol. The molecule has 2 aromatic rings. The van der Waals surface area contributed by atoms with Crippen LogP contribution < -0.4 is 0 Å². The summed E-state index contributed by atoms with van der Waals surface area (Å²) in [5.74, 6) is 0. The minimum Gasteiger partial charge on any atom is -0.251 e. The lowest BCUT2D eigenvalue weighted by Gasteiger charge is -2.14. The smallest absolute Gasteiger partial charge is 0.0665 e. The molecule has 0 heterocycles. The fourth-order valence-electron chi connectivity index (χ4n) is 11.9. The molecule has 0 amide bonds. The first-order valence-electron chi connectivity index (χ1n) is 36.3. The van der Waals surface area contributed by atoms with E-state index >= 15 is 0 Å². The van der Waals surface area contributed by atoms with Gasteiger partial charge in [-0.15, -0.1) is 0 Å². The Morgan fingerprint density at radius 3 is 0.762 bits per heavy atom. The largest absolute Gasteiger partial charge is 0.251 e. The highest BCUT2D eigenvalue weighted by atomic mass is 14.8. The summed E-state index contributed by atoms with van der Waals surface area (Å²) in [4.78, 5) is 11.1. The normalized spacial score (nSPS) is 12.3. The molecule has 0 aromatic heterocycles. The van der Waals surface area contributed by atoms with Gasteiger partial charge >= 0.3 is 0 Å². The van der Waals surface area contributed by atoms with Crippen LogP contribution in [0.5, 0.6) is 0 Å². The van der Waals surface area contributed by atoms with Gasteiger partial charge in [0.1, 0.15) is 0 Å². The molecular formula is C78H136N2. The minimum atomic E-state index is 0.987. The van der Waals surface area contributed by atoms with Crippen LogP contribution in [-0.2, 0) is 12.8 Å². The summed E-state index contributed by atoms with van der Waals surface area (Å²) < 4.78 is 0. The van der Waals surface area contributed by atoms with E-state index in [1.165, 1.54) is 331 Å². The van der Waals surface area contributed by atoms with Crippen LogP contribution in [0.4, 0.5) is 11.4 Å². The molecule has 2 nitrogen and oxygen atoms in total. The van der Waals surface area contributed by atoms with E-state index in [2.05, 4.69) is 101 Å². The molecule has 0 aliphatic heterocycles. The second-order valence-electron chi connectivity index (χ2n) is 25.0. The maximum absolute atomic E-state index is 5.56. The van der Waals surface area contributed by atoms with Gasteiger partial charge in [-0.25, -0.2) is 0 Å². The van der Waals surface area contributed by atoms with Crippen molar-refractivity contribution in [1.82, 2.24) is 0 Å². The van der Waals surface area contributed by atoms with E-state index in [1.54, 1.807) is 0 Å². The van der Waals surface area contributed by atoms with Crippen molar-refractivity contribution < 1.29 is 0 Å². The molecule has 80 heavy (non-hydrogen) atoms. The van der Waals surface area contributed by atoms with Gasteiger partial charge in [0.05, 0.1) is 22.8 Å². The van der Waals surface area contributed by atoms with Crippen LogP contribution in [0, 0.1) is 0 Å². The summed E-state index contributed by atoms with van der Waals surface area (Å²) in [6, 6.07) is 17.9. The standard InChI is InChI=1S/C78H136N2/c1-5-9-13-16-18-20-22-24-26-28-30-32-34-36-38-40-42-44-46-48-50-52-54-56-58-65-73-67-61-63-70-75(73)79-77(69-12-8-4)78(72-60-15-11-7-3)80-76-71-64-62-68-74(76)66-59-57-55-53-51-49-47-45-43-41-39-37-35-33-31-29-27-25-23-21-19-17-14-10-6-2/h54-57,61-64,67-68,70-71H,5-53,58-60,65-66,69,72H2,1-4H3/b56-54+,57-55+,79-77?,80-78?. The third kappa shape index (κ3) is 45.7. The molecular weight excluding hydrogens is 965 g/mol. The molecule has 0 saturated carbocycles. The zero-order valence-electron chi connectivity index (χ0n) is 54.4. The van der Waals surface area contributed by atoms with E-state index in [9.17, 15) is 0 Å². The predicted octanol–water partition coefficient (Wildman–Crippen LogP) is 27.9. The van der Waals surface area contributed by atoms with Gasteiger partial charge in [0.2, 0.25) is 0 Å². The number of unbranched alkanes of at least 4 members (excludes halogenated alkanes) is 46. The molecule has 2 rings (SSSR count). The molecule has 0 fully saturated rings. The highest BCUT2D eigenvalue weighted by Crippen LogP contribution is 2.27. The van der Waals surface area contributed by atoms with Crippen molar-refractivity contribution in [3.8, 4) is 0 Å². The van der Waals surface area contributed by atoms with Gasteiger partial charge in [-0.05, 0) is 100 Å². The molecule has 2 heteroatoms. The van der Waals surface area contributed by atoms with Crippen LogP contribution in [0.25, 0.3) is 0 Å². The summed E-state index contributed by atoms with van der Waals surface area (Å²) in [7, 11) is 0. The average molecular weight is 1100 g/mol. The predicted molar refractivity (Wildman–Crippen MR) is 365 cm³/mol. The number of benzene rings is 2. The van der Waals surface area contributed by atoms with E-state index in [4.69, 9.17) is 9.98 Å². The first kappa shape index (κ1) is 73.4. The molecule has 0 spiro atoms. The van der Waals surface area contributed by atoms with Crippen LogP contribution >= 0.6 is 0 Å². The van der Waals surface area contributed by atoms with Crippen molar-refractivity contribution in [2.24, 2.45) is 9.98 Å². The number of hydrogen-bond acceptors (Lipinski definition) is 2. The van der Waals surface area contributed by atoms with Crippen LogP contribution in [0.2, 0.25) is 0 Å². The lowest BCUT2D eigenvalue weighted by Crippen LogP contribution is -2.15. The fourth-order valence-corrected chi connectivity index (χ4v) is 11.9. The molecule has 0 unspecified atom stereocenters. The average Bonchev–Trinajstić information content (AvgIpc) is 3.49. The number of hydrogen-bond donors (Lipinski definition) is 0. The zero-order valence-corrected chi connectivity index (χ0v) is 54.4. The molecule has 0 radical (unpaired) electrons. The topological polar surface area (TPSA) is 24.7 Å². The van der Waals surface area contributed by atoms with Gasteiger partial charge < -0.3 is 0 Å². The molecule has 0 N–H and O–H groups in total. The Morgan fingerprint density at radius 2 is 0.475 bits per heavy atom. The van der Waals surface area contributed by atoms with E-state index in [1.807, 2.05) is 0 Å². The number of para-hydroxylation sites is 2. The molecule has 2 aromatic carbocycles. The van der Waals surface area contributed by atoms with Crippen molar-refractivity contribution in [1.29, 1.82) is 0 Å². The van der Waals surface area contributed by atoms with Gasteiger partial charge in [-0.2, -0.15) is 0 Å². The third-order valence-corrected chi connectivity index (χ3v) is 17.3. The Bertz CT molecular complexity index is 1710. The second-order valence-corrected chi connectivity index (χ2v) is 25.0. The molecule has 458 valence electrons. The molecule has 0 bridgehead atoms. The summed E-state index contributed by atoms with van der Waals surface area (Å²) >= 11 is 0. The van der Waals surface area contributed by atoms with Gasteiger partial charge in [0.15, 0.2) is 0 Å². The van der Waals surface area contributed by atoms with Gasteiger partial charge in [-0.1, -0.05) is 371 Å². The Hall–Kier alpha value is -2.74. The molecule has 0 aliphatic rings. The Balaban J connectivity index is 1.70. The van der Waals surface area contributed by atoms with Crippen molar-refractivity contribution in [3.63, 3.8) is 0 Å². The van der Waals surface area contributed by atoms with Crippen LogP contribution in [0.3, 0.4) is 0 Å². The lowest BCUT2D eigenvalue weighted by atomic mass is 10.0. The summed E-state index contributed by atoms with van der Waals surface area (Å²) in [5, 5.41) is 0. The van der Waals surface area contributed by atoms with Gasteiger partial charge in [0, 0.05) is 0 Å². The maximum Gasteiger partial charge on any atom is 0.0665 e. The van der Waals surface area contributed by atoms with Crippen LogP contribution in [-0.4, -0.2) is 11.4 Å². The number of allylic oxidation sites excluding steroid dienone is 4. The Kier molecular flexibility index (Phi) is 54.5. The van der Waals surface area contributed by atoms with Crippen LogP contribution in [0.1, 0.15) is 386 Å².